The smallest absolute Gasteiger partial charge is 0.337 e. The standard InChI is InChI=1S/C14H18N2O4/c1-19-14(18)11-4-2-5-12(10-11)20-9-8-16-13(17)6-3-7-15-16/h2,4-5,10,15H,3,6-9H2,1H3. The van der Waals surface area contributed by atoms with Crippen LogP contribution in [0, 0.1) is 0 Å². The molecule has 1 saturated heterocycles. The van der Waals surface area contributed by atoms with Gasteiger partial charge in [-0.3, -0.25) is 9.80 Å². The molecular formula is C14H18N2O4. The van der Waals surface area contributed by atoms with Gasteiger partial charge in [-0.05, 0) is 24.6 Å². The Morgan fingerprint density at radius 1 is 1.45 bits per heavy atom. The van der Waals surface area contributed by atoms with E-state index in [1.807, 2.05) is 0 Å². The van der Waals surface area contributed by atoms with Crippen molar-refractivity contribution in [3.05, 3.63) is 29.8 Å². The summed E-state index contributed by atoms with van der Waals surface area (Å²) in [5.41, 5.74) is 3.47. The number of nitrogens with one attached hydrogen (secondary N) is 1. The number of hydrazine groups is 1. The van der Waals surface area contributed by atoms with E-state index in [0.717, 1.165) is 13.0 Å². The van der Waals surface area contributed by atoms with E-state index >= 15 is 0 Å². The van der Waals surface area contributed by atoms with Gasteiger partial charge in [-0.1, -0.05) is 6.07 Å². The summed E-state index contributed by atoms with van der Waals surface area (Å²) in [6.45, 7) is 1.65. The number of carbonyl (C=O) groups excluding carboxylic acids is 2. The maximum absolute atomic E-state index is 11.6. The van der Waals surface area contributed by atoms with Gasteiger partial charge in [-0.15, -0.1) is 0 Å². The fraction of sp³-hybridized carbons (Fsp3) is 0.429. The van der Waals surface area contributed by atoms with Crippen molar-refractivity contribution in [2.75, 3.05) is 26.8 Å². The minimum atomic E-state index is -0.400. The highest BCUT2D eigenvalue weighted by Gasteiger charge is 2.17. The van der Waals surface area contributed by atoms with Crippen LogP contribution in [0.2, 0.25) is 0 Å². The maximum Gasteiger partial charge on any atom is 0.337 e. The molecule has 0 spiro atoms. The molecule has 0 bridgehead atoms. The first-order valence-electron chi connectivity index (χ1n) is 6.56. The van der Waals surface area contributed by atoms with E-state index < -0.39 is 5.97 Å². The second-order valence-electron chi connectivity index (χ2n) is 4.42. The summed E-state index contributed by atoms with van der Waals surface area (Å²) < 4.78 is 10.2. The summed E-state index contributed by atoms with van der Waals surface area (Å²) in [5.74, 6) is 0.267. The first-order chi connectivity index (χ1) is 9.70. The van der Waals surface area contributed by atoms with Crippen LogP contribution in [0.1, 0.15) is 23.2 Å². The van der Waals surface area contributed by atoms with E-state index in [-0.39, 0.29) is 5.91 Å². The molecule has 1 aliphatic rings. The van der Waals surface area contributed by atoms with Crippen molar-refractivity contribution in [2.24, 2.45) is 0 Å². The van der Waals surface area contributed by atoms with Gasteiger partial charge in [0.15, 0.2) is 0 Å². The molecule has 6 heteroatoms. The number of amides is 1. The van der Waals surface area contributed by atoms with E-state index in [1.54, 1.807) is 29.3 Å². The van der Waals surface area contributed by atoms with Gasteiger partial charge in [-0.25, -0.2) is 10.2 Å². The average Bonchev–Trinajstić information content (AvgIpc) is 2.49. The molecule has 1 amide bonds. The average molecular weight is 278 g/mol. The highest BCUT2D eigenvalue weighted by molar-refractivity contribution is 5.89. The number of methoxy groups -OCH3 is 1. The van der Waals surface area contributed by atoms with Crippen LogP contribution in [0.4, 0.5) is 0 Å². The van der Waals surface area contributed by atoms with Crippen molar-refractivity contribution in [1.29, 1.82) is 0 Å². The first-order valence-corrected chi connectivity index (χ1v) is 6.56. The molecule has 1 aliphatic heterocycles. The van der Waals surface area contributed by atoms with Crippen LogP contribution in [0.15, 0.2) is 24.3 Å². The van der Waals surface area contributed by atoms with Gasteiger partial charge in [0, 0.05) is 13.0 Å². The zero-order valence-corrected chi connectivity index (χ0v) is 11.4. The Balaban J connectivity index is 1.84. The third-order valence-electron chi connectivity index (χ3n) is 3.01. The second kappa shape index (κ2) is 6.91. The lowest BCUT2D eigenvalue weighted by molar-refractivity contribution is -0.137. The molecule has 0 aromatic heterocycles. The highest BCUT2D eigenvalue weighted by Crippen LogP contribution is 2.14. The molecule has 20 heavy (non-hydrogen) atoms. The molecule has 0 aliphatic carbocycles. The highest BCUT2D eigenvalue weighted by atomic mass is 16.5. The third-order valence-corrected chi connectivity index (χ3v) is 3.01. The van der Waals surface area contributed by atoms with Crippen molar-refractivity contribution in [1.82, 2.24) is 10.4 Å². The summed E-state index contributed by atoms with van der Waals surface area (Å²) in [6, 6.07) is 6.77. The van der Waals surface area contributed by atoms with Crippen molar-refractivity contribution < 1.29 is 19.1 Å². The normalized spacial score (nSPS) is 15.1. The third kappa shape index (κ3) is 3.71. The fourth-order valence-corrected chi connectivity index (χ4v) is 1.97. The molecule has 6 nitrogen and oxygen atoms in total. The van der Waals surface area contributed by atoms with Crippen molar-refractivity contribution in [3.63, 3.8) is 0 Å². The number of nitrogens with zero attached hydrogens (tertiary/aromatic N) is 1. The van der Waals surface area contributed by atoms with Gasteiger partial charge in [0.05, 0.1) is 19.2 Å². The summed E-state index contributed by atoms with van der Waals surface area (Å²) in [4.78, 5) is 23.0. The van der Waals surface area contributed by atoms with Gasteiger partial charge < -0.3 is 9.47 Å². The molecule has 1 heterocycles. The monoisotopic (exact) mass is 278 g/mol. The second-order valence-corrected chi connectivity index (χ2v) is 4.42. The number of rotatable bonds is 5. The van der Waals surface area contributed by atoms with E-state index in [9.17, 15) is 9.59 Å². The number of ether oxygens (including phenoxy) is 2. The zero-order valence-electron chi connectivity index (χ0n) is 11.4. The molecule has 1 aromatic carbocycles. The Morgan fingerprint density at radius 2 is 2.30 bits per heavy atom. The van der Waals surface area contributed by atoms with Crippen LogP contribution in [0.3, 0.4) is 0 Å². The summed E-state index contributed by atoms with van der Waals surface area (Å²) in [7, 11) is 1.34. The van der Waals surface area contributed by atoms with Crippen LogP contribution in [0.5, 0.6) is 5.75 Å². The molecule has 1 N–H and O–H groups in total. The molecule has 1 aromatic rings. The van der Waals surface area contributed by atoms with Gasteiger partial charge in [-0.2, -0.15) is 0 Å². The van der Waals surface area contributed by atoms with Crippen molar-refractivity contribution in [3.8, 4) is 5.75 Å². The summed E-state index contributed by atoms with van der Waals surface area (Å²) in [5, 5.41) is 1.58. The van der Waals surface area contributed by atoms with Crippen molar-refractivity contribution in [2.45, 2.75) is 12.8 Å². The van der Waals surface area contributed by atoms with Crippen molar-refractivity contribution >= 4 is 11.9 Å². The quantitative estimate of drug-likeness (QED) is 0.813. The number of benzene rings is 1. The predicted molar refractivity (Wildman–Crippen MR) is 72.2 cm³/mol. The molecule has 0 unspecified atom stereocenters. The number of hydrogen-bond acceptors (Lipinski definition) is 5. The van der Waals surface area contributed by atoms with Gasteiger partial charge in [0.25, 0.3) is 0 Å². The van der Waals surface area contributed by atoms with Gasteiger partial charge in [0.2, 0.25) is 5.91 Å². The van der Waals surface area contributed by atoms with Crippen LogP contribution >= 0.6 is 0 Å². The number of carbonyl (C=O) groups is 2. The summed E-state index contributed by atoms with van der Waals surface area (Å²) in [6.07, 6.45) is 1.45. The lowest BCUT2D eigenvalue weighted by Gasteiger charge is -2.27. The number of esters is 1. The van der Waals surface area contributed by atoms with E-state index in [1.165, 1.54) is 7.11 Å². The Hall–Kier alpha value is -2.08. The van der Waals surface area contributed by atoms with Crippen LogP contribution in [-0.2, 0) is 9.53 Å². The van der Waals surface area contributed by atoms with E-state index in [0.29, 0.717) is 30.9 Å². The predicted octanol–water partition coefficient (Wildman–Crippen LogP) is 0.979. The molecule has 0 atom stereocenters. The largest absolute Gasteiger partial charge is 0.492 e. The molecule has 0 radical (unpaired) electrons. The SMILES string of the molecule is COC(=O)c1cccc(OCCN2NCCCC2=O)c1. The van der Waals surface area contributed by atoms with Crippen LogP contribution in [0.25, 0.3) is 0 Å². The van der Waals surface area contributed by atoms with Gasteiger partial charge >= 0.3 is 5.97 Å². The molecule has 0 saturated carbocycles. The lowest BCUT2D eigenvalue weighted by atomic mass is 10.2. The molecule has 1 fully saturated rings. The Labute approximate surface area is 117 Å². The molecular weight excluding hydrogens is 260 g/mol. The Bertz CT molecular complexity index is 490. The molecule has 108 valence electrons. The van der Waals surface area contributed by atoms with E-state index in [4.69, 9.17) is 4.74 Å². The topological polar surface area (TPSA) is 67.9 Å². The minimum Gasteiger partial charge on any atom is -0.492 e. The number of hydrogen-bond donors (Lipinski definition) is 1. The van der Waals surface area contributed by atoms with E-state index in [2.05, 4.69) is 10.2 Å². The maximum atomic E-state index is 11.6. The fourth-order valence-electron chi connectivity index (χ4n) is 1.97. The van der Waals surface area contributed by atoms with Crippen LogP contribution < -0.4 is 10.2 Å². The minimum absolute atomic E-state index is 0.0863. The zero-order chi connectivity index (χ0) is 14.4. The Morgan fingerprint density at radius 3 is 3.05 bits per heavy atom. The van der Waals surface area contributed by atoms with Gasteiger partial charge in [0.1, 0.15) is 12.4 Å². The Kier molecular flexibility index (Phi) is 4.95. The first kappa shape index (κ1) is 14.3. The molecule has 2 rings (SSSR count). The lowest BCUT2D eigenvalue weighted by Crippen LogP contribution is -2.48. The summed E-state index contributed by atoms with van der Waals surface area (Å²) >= 11 is 0. The van der Waals surface area contributed by atoms with Crippen LogP contribution in [-0.4, -0.2) is 43.7 Å².